The number of ether oxygens (including phenoxy) is 2. The van der Waals surface area contributed by atoms with Crippen molar-refractivity contribution >= 4 is 6.09 Å². The van der Waals surface area contributed by atoms with Gasteiger partial charge in [-0.25, -0.2) is 18.9 Å². The van der Waals surface area contributed by atoms with Crippen LogP contribution in [0.3, 0.4) is 0 Å². The van der Waals surface area contributed by atoms with Gasteiger partial charge in [0.15, 0.2) is 0 Å². The quantitative estimate of drug-likeness (QED) is 0.588. The Morgan fingerprint density at radius 2 is 2.00 bits per heavy atom. The van der Waals surface area contributed by atoms with Crippen molar-refractivity contribution in [1.82, 2.24) is 24.9 Å². The van der Waals surface area contributed by atoms with Gasteiger partial charge in [-0.15, -0.1) is 5.10 Å². The Morgan fingerprint density at radius 3 is 2.66 bits per heavy atom. The Hall–Kier alpha value is -2.71. The fraction of sp³-hybridized carbons (Fsp3) is 0.652. The van der Waals surface area contributed by atoms with E-state index in [9.17, 15) is 9.18 Å². The van der Waals surface area contributed by atoms with Gasteiger partial charge in [0.05, 0.1) is 17.5 Å². The minimum Gasteiger partial charge on any atom is -0.489 e. The van der Waals surface area contributed by atoms with Gasteiger partial charge in [-0.2, -0.15) is 0 Å². The normalized spacial score (nSPS) is 14.9. The van der Waals surface area contributed by atoms with Crippen molar-refractivity contribution < 1.29 is 18.7 Å². The van der Waals surface area contributed by atoms with Gasteiger partial charge in [-0.05, 0) is 65.0 Å². The van der Waals surface area contributed by atoms with Crippen LogP contribution >= 0.6 is 0 Å². The van der Waals surface area contributed by atoms with Crippen LogP contribution in [0.15, 0.2) is 12.1 Å². The molecule has 1 aliphatic carbocycles. The number of pyridine rings is 1. The monoisotopic (exact) mass is 447 g/mol. The standard InChI is InChI=1S/C23H34FN5O3/c1-16-20(32-17-9-7-6-8-10-17)12-11-18(25-16)21-19(29(5)27-26-21)15-31-22(30)28(4)14-13-23(2,3)24/h11-12,17H,6-10,13-15H2,1-5H3. The molecule has 0 unspecified atom stereocenters. The second-order valence-corrected chi connectivity index (χ2v) is 9.11. The number of rotatable bonds is 8. The van der Waals surface area contributed by atoms with Crippen molar-refractivity contribution in [2.75, 3.05) is 13.6 Å². The van der Waals surface area contributed by atoms with E-state index in [1.165, 1.54) is 38.0 Å². The maximum absolute atomic E-state index is 13.7. The zero-order valence-electron chi connectivity index (χ0n) is 19.7. The predicted molar refractivity (Wildman–Crippen MR) is 119 cm³/mol. The van der Waals surface area contributed by atoms with E-state index in [1.807, 2.05) is 19.1 Å². The van der Waals surface area contributed by atoms with Gasteiger partial charge < -0.3 is 14.4 Å². The largest absolute Gasteiger partial charge is 0.489 e. The van der Waals surface area contributed by atoms with Crippen LogP contribution in [-0.2, 0) is 18.4 Å². The van der Waals surface area contributed by atoms with Crippen molar-refractivity contribution in [3.63, 3.8) is 0 Å². The Bertz CT molecular complexity index is 919. The molecule has 0 saturated heterocycles. The Kier molecular flexibility index (Phi) is 7.69. The summed E-state index contributed by atoms with van der Waals surface area (Å²) in [4.78, 5) is 18.3. The van der Waals surface area contributed by atoms with E-state index in [4.69, 9.17) is 9.47 Å². The molecule has 0 atom stereocenters. The lowest BCUT2D eigenvalue weighted by atomic mass is 9.98. The van der Waals surface area contributed by atoms with Crippen molar-refractivity contribution in [3.8, 4) is 17.1 Å². The van der Waals surface area contributed by atoms with Crippen LogP contribution in [-0.4, -0.2) is 56.3 Å². The van der Waals surface area contributed by atoms with Gasteiger partial charge in [0.25, 0.3) is 0 Å². The summed E-state index contributed by atoms with van der Waals surface area (Å²) >= 11 is 0. The maximum Gasteiger partial charge on any atom is 0.409 e. The summed E-state index contributed by atoms with van der Waals surface area (Å²) in [5.41, 5.74) is 1.27. The molecule has 1 fully saturated rings. The van der Waals surface area contributed by atoms with Crippen LogP contribution in [0.4, 0.5) is 9.18 Å². The van der Waals surface area contributed by atoms with Gasteiger partial charge in [0, 0.05) is 20.6 Å². The molecule has 0 spiro atoms. The van der Waals surface area contributed by atoms with Crippen molar-refractivity contribution in [3.05, 3.63) is 23.5 Å². The van der Waals surface area contributed by atoms with Crippen LogP contribution in [0.5, 0.6) is 5.75 Å². The lowest BCUT2D eigenvalue weighted by Crippen LogP contribution is -2.31. The molecule has 0 N–H and O–H groups in total. The molecular formula is C23H34FN5O3. The molecule has 0 radical (unpaired) electrons. The molecule has 9 heteroatoms. The molecule has 2 aromatic rings. The highest BCUT2D eigenvalue weighted by atomic mass is 19.1. The molecule has 8 nitrogen and oxygen atoms in total. The van der Waals surface area contributed by atoms with E-state index in [0.29, 0.717) is 17.1 Å². The van der Waals surface area contributed by atoms with Gasteiger partial charge >= 0.3 is 6.09 Å². The van der Waals surface area contributed by atoms with E-state index < -0.39 is 11.8 Å². The number of halogens is 1. The van der Waals surface area contributed by atoms with Gasteiger partial charge in [-0.1, -0.05) is 11.6 Å². The average Bonchev–Trinajstić information content (AvgIpc) is 3.12. The summed E-state index contributed by atoms with van der Waals surface area (Å²) in [5, 5.41) is 8.29. The molecule has 3 rings (SSSR count). The summed E-state index contributed by atoms with van der Waals surface area (Å²) < 4.78 is 26.8. The molecule has 0 aromatic carbocycles. The first kappa shape index (κ1) is 23.9. The van der Waals surface area contributed by atoms with Crippen LogP contribution in [0.2, 0.25) is 0 Å². The third kappa shape index (κ3) is 6.40. The number of carbonyl (C=O) groups excluding carboxylic acids is 1. The van der Waals surface area contributed by atoms with Gasteiger partial charge in [0.1, 0.15) is 29.4 Å². The summed E-state index contributed by atoms with van der Waals surface area (Å²) in [6.07, 6.45) is 5.81. The van der Waals surface area contributed by atoms with Crippen LogP contribution in [0.25, 0.3) is 11.4 Å². The number of carbonyl (C=O) groups is 1. The number of hydrogen-bond donors (Lipinski definition) is 0. The number of aromatic nitrogens is 4. The smallest absolute Gasteiger partial charge is 0.409 e. The number of alkyl halides is 1. The van der Waals surface area contributed by atoms with Crippen molar-refractivity contribution in [1.29, 1.82) is 0 Å². The summed E-state index contributed by atoms with van der Waals surface area (Å²) in [5.74, 6) is 0.787. The Morgan fingerprint density at radius 1 is 1.28 bits per heavy atom. The average molecular weight is 448 g/mol. The zero-order valence-corrected chi connectivity index (χ0v) is 19.7. The highest BCUT2D eigenvalue weighted by molar-refractivity contribution is 5.67. The lowest BCUT2D eigenvalue weighted by Gasteiger charge is -2.23. The van der Waals surface area contributed by atoms with E-state index in [-0.39, 0.29) is 25.7 Å². The molecular weight excluding hydrogens is 413 g/mol. The van der Waals surface area contributed by atoms with Crippen molar-refractivity contribution in [2.24, 2.45) is 7.05 Å². The topological polar surface area (TPSA) is 82.4 Å². The summed E-state index contributed by atoms with van der Waals surface area (Å²) in [6, 6.07) is 3.78. The fourth-order valence-corrected chi connectivity index (χ4v) is 3.67. The minimum atomic E-state index is -1.34. The Labute approximate surface area is 189 Å². The molecule has 1 amide bonds. The number of amides is 1. The van der Waals surface area contributed by atoms with Gasteiger partial charge in [0.2, 0.25) is 0 Å². The SMILES string of the molecule is Cc1nc(-c2nnn(C)c2COC(=O)N(C)CCC(C)(C)F)ccc1OC1CCCCC1. The second kappa shape index (κ2) is 10.3. The molecule has 1 saturated carbocycles. The minimum absolute atomic E-state index is 0.0118. The maximum atomic E-state index is 13.7. The molecule has 2 aromatic heterocycles. The third-order valence-electron chi connectivity index (χ3n) is 5.75. The first-order valence-electron chi connectivity index (χ1n) is 11.2. The van der Waals surface area contributed by atoms with E-state index in [1.54, 1.807) is 18.8 Å². The molecule has 1 aliphatic rings. The van der Waals surface area contributed by atoms with Crippen LogP contribution in [0, 0.1) is 6.92 Å². The second-order valence-electron chi connectivity index (χ2n) is 9.11. The molecule has 176 valence electrons. The number of hydrogen-bond acceptors (Lipinski definition) is 6. The van der Waals surface area contributed by atoms with Crippen molar-refractivity contribution in [2.45, 2.75) is 77.7 Å². The Balaban J connectivity index is 1.66. The first-order chi connectivity index (χ1) is 15.1. The number of nitrogens with zero attached hydrogens (tertiary/aromatic N) is 5. The van der Waals surface area contributed by atoms with Crippen LogP contribution in [0.1, 0.15) is 63.8 Å². The summed E-state index contributed by atoms with van der Waals surface area (Å²) in [6.45, 7) is 5.14. The predicted octanol–water partition coefficient (Wildman–Crippen LogP) is 4.60. The molecule has 32 heavy (non-hydrogen) atoms. The van der Waals surface area contributed by atoms with E-state index in [0.717, 1.165) is 24.3 Å². The molecule has 0 bridgehead atoms. The molecule has 2 heterocycles. The highest BCUT2D eigenvalue weighted by Crippen LogP contribution is 2.28. The van der Waals surface area contributed by atoms with E-state index in [2.05, 4.69) is 15.3 Å². The zero-order chi connectivity index (χ0) is 23.3. The number of aryl methyl sites for hydroxylation is 2. The first-order valence-corrected chi connectivity index (χ1v) is 11.2. The third-order valence-corrected chi connectivity index (χ3v) is 5.75. The fourth-order valence-electron chi connectivity index (χ4n) is 3.67. The van der Waals surface area contributed by atoms with Gasteiger partial charge in [-0.3, -0.25) is 0 Å². The molecule has 0 aliphatic heterocycles. The lowest BCUT2D eigenvalue weighted by molar-refractivity contribution is 0.0947. The highest BCUT2D eigenvalue weighted by Gasteiger charge is 2.22. The van der Waals surface area contributed by atoms with Crippen LogP contribution < -0.4 is 4.74 Å². The van der Waals surface area contributed by atoms with E-state index >= 15 is 0 Å². The summed E-state index contributed by atoms with van der Waals surface area (Å²) in [7, 11) is 3.33.